The minimum absolute atomic E-state index is 0.0321. The van der Waals surface area contributed by atoms with Crippen LogP contribution in [0.3, 0.4) is 0 Å². The van der Waals surface area contributed by atoms with Crippen LogP contribution in [0, 0.1) is 0 Å². The third kappa shape index (κ3) is 8.06. The maximum atomic E-state index is 11.3. The lowest BCUT2D eigenvalue weighted by atomic mass is 9.84. The number of rotatable bonds is 9. The molecule has 21 heteroatoms. The number of fused-ring (bicyclic) bond motifs is 1. The van der Waals surface area contributed by atoms with Gasteiger partial charge in [0.05, 0.1) is 31.4 Å². The lowest BCUT2D eigenvalue weighted by Crippen LogP contribution is -2.69. The zero-order valence-electron chi connectivity index (χ0n) is 27.2. The van der Waals surface area contributed by atoms with Gasteiger partial charge in [0.15, 0.2) is 25.2 Å². The number of nitrogens with two attached hydrogens (primary N) is 5. The van der Waals surface area contributed by atoms with Gasteiger partial charge < -0.3 is 97.2 Å². The summed E-state index contributed by atoms with van der Waals surface area (Å²) in [6.07, 6.45) is -20.0. The van der Waals surface area contributed by atoms with E-state index >= 15 is 0 Å². The Morgan fingerprint density at radius 1 is 0.667 bits per heavy atom. The van der Waals surface area contributed by atoms with E-state index in [1.54, 1.807) is 18.2 Å². The quantitative estimate of drug-likeness (QED) is 0.112. The van der Waals surface area contributed by atoms with E-state index in [1.165, 1.54) is 0 Å². The van der Waals surface area contributed by atoms with Crippen molar-refractivity contribution < 1.29 is 68.5 Å². The zero-order chi connectivity index (χ0) is 36.9. The predicted octanol–water partition coefficient (Wildman–Crippen LogP) is -4.79. The Kier molecular flexibility index (Phi) is 12.8. The summed E-state index contributed by atoms with van der Waals surface area (Å²) in [7, 11) is 0. The van der Waals surface area contributed by atoms with Crippen LogP contribution >= 0.6 is 23.2 Å². The van der Waals surface area contributed by atoms with E-state index < -0.39 is 129 Å². The van der Waals surface area contributed by atoms with Crippen LogP contribution in [-0.2, 0) is 37.9 Å². The predicted molar refractivity (Wildman–Crippen MR) is 173 cm³/mol. The largest absolute Gasteiger partial charge is 0.394 e. The van der Waals surface area contributed by atoms with E-state index in [-0.39, 0.29) is 19.6 Å². The maximum Gasteiger partial charge on any atom is 0.187 e. The van der Waals surface area contributed by atoms with Crippen LogP contribution < -0.4 is 28.7 Å². The van der Waals surface area contributed by atoms with Crippen LogP contribution in [0.4, 0.5) is 0 Å². The van der Waals surface area contributed by atoms with Gasteiger partial charge in [-0.25, -0.2) is 0 Å². The van der Waals surface area contributed by atoms with E-state index in [1.807, 2.05) is 0 Å². The minimum atomic E-state index is -1.62. The summed E-state index contributed by atoms with van der Waals surface area (Å²) in [4.78, 5) is 0. The molecule has 1 saturated carbocycles. The van der Waals surface area contributed by atoms with Gasteiger partial charge in [-0.3, -0.25) is 0 Å². The van der Waals surface area contributed by atoms with Gasteiger partial charge in [-0.2, -0.15) is 0 Å². The molecule has 6 rings (SSSR count). The van der Waals surface area contributed by atoms with Crippen LogP contribution in [0.5, 0.6) is 0 Å². The molecule has 0 spiro atoms. The van der Waals surface area contributed by atoms with Gasteiger partial charge in [0.2, 0.25) is 0 Å². The first-order valence-electron chi connectivity index (χ1n) is 16.6. The standard InChI is InChI=1S/C30H47Cl2N5O14/c31-9-1-8(2-10(32)3-9)27-44-7-15-25(49-27)21(42)17(37)29(47-15)48-23-12(35)4-11(34)18(39)26(23)51-30-22(43)24(14(6-38)46-30)50-28-16(36)20(41)19(40)13(5-33)45-28/h1-3,11-30,38-43H,4-7,33-37H2/t11-,12+,13+,14+,15+,16-,17+,18+,19-,20-,21+,22+,23-,24+,25+,26-,27+,28-,29+,30-/m0/s1. The second kappa shape index (κ2) is 16.4. The normalized spacial score (nSPS) is 49.1. The van der Waals surface area contributed by atoms with Crippen molar-refractivity contribution >= 4 is 23.2 Å². The fourth-order valence-electron chi connectivity index (χ4n) is 7.09. The molecular weight excluding hydrogens is 725 g/mol. The third-order valence-corrected chi connectivity index (χ3v) is 10.4. The summed E-state index contributed by atoms with van der Waals surface area (Å²) in [6.45, 7) is -0.853. The molecule has 51 heavy (non-hydrogen) atoms. The molecule has 0 radical (unpaired) electrons. The molecule has 1 aliphatic carbocycles. The average molecular weight is 773 g/mol. The van der Waals surface area contributed by atoms with Crippen molar-refractivity contribution in [1.29, 1.82) is 0 Å². The molecule has 4 heterocycles. The van der Waals surface area contributed by atoms with Crippen LogP contribution in [0.25, 0.3) is 0 Å². The molecular formula is C30H47Cl2N5O14. The van der Waals surface area contributed by atoms with Crippen LogP contribution in [-0.4, -0.2) is 167 Å². The molecule has 1 aromatic carbocycles. The Bertz CT molecular complexity index is 1310. The fraction of sp³-hybridized carbons (Fsp3) is 0.800. The van der Waals surface area contributed by atoms with Crippen molar-refractivity contribution in [2.75, 3.05) is 19.8 Å². The minimum Gasteiger partial charge on any atom is -0.394 e. The number of benzene rings is 1. The monoisotopic (exact) mass is 771 g/mol. The van der Waals surface area contributed by atoms with Gasteiger partial charge in [0.25, 0.3) is 0 Å². The van der Waals surface area contributed by atoms with Gasteiger partial charge in [-0.1, -0.05) is 23.2 Å². The second-order valence-corrected chi connectivity index (χ2v) is 14.4. The van der Waals surface area contributed by atoms with Crippen molar-refractivity contribution in [1.82, 2.24) is 0 Å². The van der Waals surface area contributed by atoms with Gasteiger partial charge >= 0.3 is 0 Å². The lowest BCUT2D eigenvalue weighted by molar-refractivity contribution is -0.356. The Balaban J connectivity index is 1.14. The average Bonchev–Trinajstić information content (AvgIpc) is 3.39. The molecule has 19 nitrogen and oxygen atoms in total. The highest BCUT2D eigenvalue weighted by Crippen LogP contribution is 2.38. The molecule has 4 saturated heterocycles. The van der Waals surface area contributed by atoms with Gasteiger partial charge in [0, 0.05) is 34.2 Å². The second-order valence-electron chi connectivity index (χ2n) is 13.5. The van der Waals surface area contributed by atoms with Crippen molar-refractivity contribution in [3.8, 4) is 0 Å². The number of aliphatic hydroxyl groups is 6. The molecule has 16 N–H and O–H groups in total. The number of ether oxygens (including phenoxy) is 8. The highest BCUT2D eigenvalue weighted by atomic mass is 35.5. The topological polar surface area (TPSA) is 325 Å². The Morgan fingerprint density at radius 2 is 1.27 bits per heavy atom. The van der Waals surface area contributed by atoms with Crippen molar-refractivity contribution in [2.45, 2.75) is 129 Å². The van der Waals surface area contributed by atoms with Gasteiger partial charge in [0.1, 0.15) is 67.1 Å². The smallest absolute Gasteiger partial charge is 0.187 e. The first-order valence-corrected chi connectivity index (χ1v) is 17.4. The first-order chi connectivity index (χ1) is 24.2. The maximum absolute atomic E-state index is 11.3. The summed E-state index contributed by atoms with van der Waals surface area (Å²) >= 11 is 12.3. The Morgan fingerprint density at radius 3 is 1.94 bits per heavy atom. The molecule has 0 bridgehead atoms. The van der Waals surface area contributed by atoms with Crippen molar-refractivity contribution in [2.24, 2.45) is 28.7 Å². The molecule has 0 unspecified atom stereocenters. The first kappa shape index (κ1) is 39.7. The van der Waals surface area contributed by atoms with Crippen LogP contribution in [0.1, 0.15) is 18.3 Å². The zero-order valence-corrected chi connectivity index (χ0v) is 28.7. The molecule has 0 aromatic heterocycles. The van der Waals surface area contributed by atoms with Gasteiger partial charge in [-0.05, 0) is 24.6 Å². The SMILES string of the molecule is NC[C@H]1O[C@@H](O[C@H]2[C@@H](O)[C@H](O[C@H]3[C@H](O)[C@@H](N)C[C@@H](N)[C@@H]3O[C@H]3O[C@@H]4CO[C@@H](c5cc(Cl)cc(Cl)c5)O[C@H]4[C@H](O)[C@H]3N)O[C@@H]2CO)[C@@H](N)[C@H](O)[C@H]1O. The van der Waals surface area contributed by atoms with Crippen molar-refractivity contribution in [3.63, 3.8) is 0 Å². The van der Waals surface area contributed by atoms with Crippen LogP contribution in [0.2, 0.25) is 10.0 Å². The van der Waals surface area contributed by atoms with E-state index in [0.717, 1.165) is 0 Å². The Hall–Kier alpha value is -0.960. The van der Waals surface area contributed by atoms with Crippen molar-refractivity contribution in [3.05, 3.63) is 33.8 Å². The van der Waals surface area contributed by atoms with E-state index in [0.29, 0.717) is 15.6 Å². The molecule has 0 amide bonds. The third-order valence-electron chi connectivity index (χ3n) is 9.96. The summed E-state index contributed by atoms with van der Waals surface area (Å²) in [6, 6.07) is 0.628. The summed E-state index contributed by atoms with van der Waals surface area (Å²) in [5.41, 5.74) is 31.3. The number of aliphatic hydroxyl groups excluding tert-OH is 6. The number of halogens is 2. The molecule has 1 aromatic rings. The lowest BCUT2D eigenvalue weighted by Gasteiger charge is -2.49. The summed E-state index contributed by atoms with van der Waals surface area (Å²) in [5.74, 6) is 0. The fourth-order valence-corrected chi connectivity index (χ4v) is 7.63. The van der Waals surface area contributed by atoms with Crippen LogP contribution in [0.15, 0.2) is 18.2 Å². The molecule has 5 fully saturated rings. The number of hydrogen-bond acceptors (Lipinski definition) is 19. The highest BCUT2D eigenvalue weighted by molar-refractivity contribution is 6.34. The van der Waals surface area contributed by atoms with Gasteiger partial charge in [-0.15, -0.1) is 0 Å². The van der Waals surface area contributed by atoms with E-state index in [2.05, 4.69) is 0 Å². The highest BCUT2D eigenvalue weighted by Gasteiger charge is 2.55. The van der Waals surface area contributed by atoms with E-state index in [9.17, 15) is 30.6 Å². The molecule has 4 aliphatic heterocycles. The summed E-state index contributed by atoms with van der Waals surface area (Å²) in [5, 5.41) is 65.1. The molecule has 5 aliphatic rings. The molecule has 20 atom stereocenters. The molecule has 290 valence electrons. The Labute approximate surface area is 302 Å². The summed E-state index contributed by atoms with van der Waals surface area (Å²) < 4.78 is 47.5. The number of hydrogen-bond donors (Lipinski definition) is 11. The van der Waals surface area contributed by atoms with E-state index in [4.69, 9.17) is 89.8 Å².